The summed E-state index contributed by atoms with van der Waals surface area (Å²) in [6, 6.07) is 2.84. The van der Waals surface area contributed by atoms with E-state index >= 15 is 0 Å². The van der Waals surface area contributed by atoms with E-state index in [1.165, 1.54) is 24.8 Å². The average Bonchev–Trinajstić information content (AvgIpc) is 2.43. The van der Waals surface area contributed by atoms with E-state index in [0.29, 0.717) is 6.04 Å². The van der Waals surface area contributed by atoms with Gasteiger partial charge in [0.05, 0.1) is 0 Å². The van der Waals surface area contributed by atoms with Crippen LogP contribution in [0.25, 0.3) is 0 Å². The molecule has 13 heavy (non-hydrogen) atoms. The summed E-state index contributed by atoms with van der Waals surface area (Å²) in [4.78, 5) is 1.55. The fourth-order valence-electron chi connectivity index (χ4n) is 2.06. The molecule has 1 unspecified atom stereocenters. The van der Waals surface area contributed by atoms with Crippen molar-refractivity contribution in [3.63, 3.8) is 0 Å². The van der Waals surface area contributed by atoms with Crippen molar-refractivity contribution in [2.45, 2.75) is 32.2 Å². The minimum atomic E-state index is 0.619. The molecule has 1 aromatic heterocycles. The molecule has 0 spiro atoms. The summed E-state index contributed by atoms with van der Waals surface area (Å²) >= 11 is 1.90. The number of hydrogen-bond donors (Lipinski definition) is 1. The SMILES string of the molecule is CNC(c1sccc1C)C1CCC1. The molecule has 1 heterocycles. The number of rotatable bonds is 3. The summed E-state index contributed by atoms with van der Waals surface area (Å²) < 4.78 is 0. The Morgan fingerprint density at radius 3 is 2.69 bits per heavy atom. The van der Waals surface area contributed by atoms with Crippen molar-refractivity contribution in [2.24, 2.45) is 5.92 Å². The van der Waals surface area contributed by atoms with Gasteiger partial charge in [-0.25, -0.2) is 0 Å². The van der Waals surface area contributed by atoms with Gasteiger partial charge in [-0.3, -0.25) is 0 Å². The standard InChI is InChI=1S/C11H17NS/c1-8-6-7-13-11(8)10(12-2)9-4-3-5-9/h6-7,9-10,12H,3-5H2,1-2H3. The maximum absolute atomic E-state index is 3.46. The van der Waals surface area contributed by atoms with Gasteiger partial charge < -0.3 is 5.32 Å². The summed E-state index contributed by atoms with van der Waals surface area (Å²) in [6.45, 7) is 2.22. The van der Waals surface area contributed by atoms with Crippen LogP contribution >= 0.6 is 11.3 Å². The topological polar surface area (TPSA) is 12.0 Å². The zero-order valence-corrected chi connectivity index (χ0v) is 9.16. The van der Waals surface area contributed by atoms with Gasteiger partial charge in [-0.1, -0.05) is 6.42 Å². The van der Waals surface area contributed by atoms with Gasteiger partial charge >= 0.3 is 0 Å². The largest absolute Gasteiger partial charge is 0.312 e. The maximum atomic E-state index is 3.46. The second-order valence-electron chi connectivity index (χ2n) is 3.93. The average molecular weight is 195 g/mol. The molecule has 1 N–H and O–H groups in total. The predicted octanol–water partition coefficient (Wildman–Crippen LogP) is 3.12. The molecule has 2 rings (SSSR count). The van der Waals surface area contributed by atoms with Crippen LogP contribution in [0.3, 0.4) is 0 Å². The first kappa shape index (κ1) is 9.22. The lowest BCUT2D eigenvalue weighted by atomic mass is 9.79. The highest BCUT2D eigenvalue weighted by Crippen LogP contribution is 2.40. The lowest BCUT2D eigenvalue weighted by Gasteiger charge is -2.33. The molecule has 1 aliphatic rings. The molecule has 2 heteroatoms. The van der Waals surface area contributed by atoms with Crippen LogP contribution in [-0.2, 0) is 0 Å². The lowest BCUT2D eigenvalue weighted by Crippen LogP contribution is -2.29. The molecule has 1 aliphatic carbocycles. The Kier molecular flexibility index (Phi) is 2.70. The van der Waals surface area contributed by atoms with Gasteiger partial charge in [-0.2, -0.15) is 0 Å². The van der Waals surface area contributed by atoms with E-state index in [4.69, 9.17) is 0 Å². The Balaban J connectivity index is 2.16. The van der Waals surface area contributed by atoms with E-state index in [1.54, 1.807) is 4.88 Å². The van der Waals surface area contributed by atoms with Crippen molar-refractivity contribution >= 4 is 11.3 Å². The van der Waals surface area contributed by atoms with Crippen LogP contribution in [0, 0.1) is 12.8 Å². The highest BCUT2D eigenvalue weighted by Gasteiger charge is 2.28. The third kappa shape index (κ3) is 1.65. The Hall–Kier alpha value is -0.340. The van der Waals surface area contributed by atoms with Gasteiger partial charge in [0.2, 0.25) is 0 Å². The molecule has 1 atom stereocenters. The summed E-state index contributed by atoms with van der Waals surface area (Å²) in [7, 11) is 2.09. The van der Waals surface area contributed by atoms with Gasteiger partial charge in [0, 0.05) is 10.9 Å². The molecule has 0 bridgehead atoms. The second-order valence-corrected chi connectivity index (χ2v) is 4.87. The molecule has 1 saturated carbocycles. The Morgan fingerprint density at radius 1 is 1.54 bits per heavy atom. The smallest absolute Gasteiger partial charge is 0.0443 e. The predicted molar refractivity (Wildman–Crippen MR) is 58.2 cm³/mol. The van der Waals surface area contributed by atoms with E-state index in [9.17, 15) is 0 Å². The van der Waals surface area contributed by atoms with Crippen LogP contribution < -0.4 is 5.32 Å². The van der Waals surface area contributed by atoms with Crippen LogP contribution in [0.2, 0.25) is 0 Å². The number of thiophene rings is 1. The second kappa shape index (κ2) is 3.81. The lowest BCUT2D eigenvalue weighted by molar-refractivity contribution is 0.241. The van der Waals surface area contributed by atoms with Crippen molar-refractivity contribution in [2.75, 3.05) is 7.05 Å². The molecule has 0 radical (unpaired) electrons. The van der Waals surface area contributed by atoms with Gasteiger partial charge in [0.1, 0.15) is 0 Å². The highest BCUT2D eigenvalue weighted by atomic mass is 32.1. The van der Waals surface area contributed by atoms with E-state index in [2.05, 4.69) is 30.7 Å². The summed E-state index contributed by atoms with van der Waals surface area (Å²) in [5.41, 5.74) is 1.45. The van der Waals surface area contributed by atoms with Gasteiger partial charge in [-0.05, 0) is 49.7 Å². The van der Waals surface area contributed by atoms with Crippen molar-refractivity contribution in [1.82, 2.24) is 5.32 Å². The first-order valence-electron chi connectivity index (χ1n) is 5.04. The third-order valence-corrected chi connectivity index (χ3v) is 4.22. The van der Waals surface area contributed by atoms with Crippen molar-refractivity contribution in [3.8, 4) is 0 Å². The van der Waals surface area contributed by atoms with Gasteiger partial charge in [0.15, 0.2) is 0 Å². The van der Waals surface area contributed by atoms with E-state index in [-0.39, 0.29) is 0 Å². The highest BCUT2D eigenvalue weighted by molar-refractivity contribution is 7.10. The van der Waals surface area contributed by atoms with Crippen molar-refractivity contribution < 1.29 is 0 Å². The quantitative estimate of drug-likeness (QED) is 0.781. The zero-order valence-electron chi connectivity index (χ0n) is 8.34. The Bertz CT molecular complexity index is 275. The monoisotopic (exact) mass is 195 g/mol. The van der Waals surface area contributed by atoms with Crippen LogP contribution in [-0.4, -0.2) is 7.05 Å². The van der Waals surface area contributed by atoms with Crippen LogP contribution in [0.15, 0.2) is 11.4 Å². The molecular formula is C11H17NS. The molecule has 0 aromatic carbocycles. The maximum Gasteiger partial charge on any atom is 0.0443 e. The summed E-state index contributed by atoms with van der Waals surface area (Å²) in [5.74, 6) is 0.891. The minimum absolute atomic E-state index is 0.619. The molecule has 72 valence electrons. The van der Waals surface area contributed by atoms with Crippen LogP contribution in [0.5, 0.6) is 0 Å². The third-order valence-electron chi connectivity index (χ3n) is 3.12. The molecular weight excluding hydrogens is 178 g/mol. The fraction of sp³-hybridized carbons (Fsp3) is 0.636. The fourth-order valence-corrected chi connectivity index (χ4v) is 3.19. The first-order chi connectivity index (χ1) is 6.33. The van der Waals surface area contributed by atoms with E-state index in [1.807, 2.05) is 11.3 Å². The number of nitrogens with one attached hydrogen (secondary N) is 1. The van der Waals surface area contributed by atoms with Gasteiger partial charge in [0.25, 0.3) is 0 Å². The molecule has 1 fully saturated rings. The number of aryl methyl sites for hydroxylation is 1. The normalized spacial score (nSPS) is 19.8. The van der Waals surface area contributed by atoms with Crippen LogP contribution in [0.4, 0.5) is 0 Å². The molecule has 1 aromatic rings. The molecule has 0 aliphatic heterocycles. The van der Waals surface area contributed by atoms with Gasteiger partial charge in [-0.15, -0.1) is 11.3 Å². The minimum Gasteiger partial charge on any atom is -0.312 e. The molecule has 0 saturated heterocycles. The molecule has 0 amide bonds. The van der Waals surface area contributed by atoms with E-state index < -0.39 is 0 Å². The Labute approximate surface area is 84.2 Å². The Morgan fingerprint density at radius 2 is 2.31 bits per heavy atom. The summed E-state index contributed by atoms with van der Waals surface area (Å²) in [6.07, 6.45) is 4.24. The van der Waals surface area contributed by atoms with E-state index in [0.717, 1.165) is 5.92 Å². The molecule has 1 nitrogen and oxygen atoms in total. The summed E-state index contributed by atoms with van der Waals surface area (Å²) in [5, 5.41) is 5.66. The van der Waals surface area contributed by atoms with Crippen molar-refractivity contribution in [1.29, 1.82) is 0 Å². The van der Waals surface area contributed by atoms with Crippen molar-refractivity contribution in [3.05, 3.63) is 21.9 Å². The number of hydrogen-bond acceptors (Lipinski definition) is 2. The van der Waals surface area contributed by atoms with Crippen LogP contribution in [0.1, 0.15) is 35.7 Å². The zero-order chi connectivity index (χ0) is 9.26. The first-order valence-corrected chi connectivity index (χ1v) is 5.92.